The summed E-state index contributed by atoms with van der Waals surface area (Å²) in [7, 11) is 1.82. The Morgan fingerprint density at radius 1 is 1.25 bits per heavy atom. The van der Waals surface area contributed by atoms with Crippen molar-refractivity contribution >= 4 is 11.3 Å². The van der Waals surface area contributed by atoms with Crippen molar-refractivity contribution in [2.75, 3.05) is 7.05 Å². The van der Waals surface area contributed by atoms with E-state index in [1.54, 1.807) is 0 Å². The molecule has 16 heavy (non-hydrogen) atoms. The van der Waals surface area contributed by atoms with Crippen LogP contribution in [-0.4, -0.2) is 12.0 Å². The minimum Gasteiger partial charge on any atom is -0.314 e. The molecule has 84 valence electrons. The Bertz CT molecular complexity index is 476. The van der Waals surface area contributed by atoms with Gasteiger partial charge in [-0.2, -0.15) is 0 Å². The molecule has 1 aromatic carbocycles. The molecule has 1 aromatic heterocycles. The second kappa shape index (κ2) is 4.67. The van der Waals surface area contributed by atoms with Gasteiger partial charge in [0, 0.05) is 23.6 Å². The van der Waals surface area contributed by atoms with Crippen LogP contribution in [0.15, 0.2) is 23.6 Å². The van der Waals surface area contributed by atoms with Gasteiger partial charge < -0.3 is 5.32 Å². The molecule has 0 atom stereocenters. The highest BCUT2D eigenvalue weighted by Crippen LogP contribution is 2.25. The molecule has 0 unspecified atom stereocenters. The average Bonchev–Trinajstić information content (AvgIpc) is 2.65. The highest BCUT2D eigenvalue weighted by atomic mass is 32.1. The van der Waals surface area contributed by atoms with E-state index >= 15 is 0 Å². The largest absolute Gasteiger partial charge is 0.314 e. The van der Waals surface area contributed by atoms with Crippen LogP contribution < -0.4 is 5.32 Å². The summed E-state index contributed by atoms with van der Waals surface area (Å²) in [5.74, 6) is -1.17. The van der Waals surface area contributed by atoms with Crippen LogP contribution in [0.25, 0.3) is 10.6 Å². The van der Waals surface area contributed by atoms with Crippen LogP contribution in [0.2, 0.25) is 0 Å². The third kappa shape index (κ3) is 2.43. The Kier molecular flexibility index (Phi) is 3.26. The number of benzene rings is 1. The van der Waals surface area contributed by atoms with Crippen LogP contribution in [0.4, 0.5) is 8.78 Å². The molecular formula is C11H10F2N2S. The fraction of sp³-hybridized carbons (Fsp3) is 0.182. The molecule has 5 heteroatoms. The molecule has 0 spiro atoms. The second-order valence-corrected chi connectivity index (χ2v) is 4.19. The van der Waals surface area contributed by atoms with E-state index in [9.17, 15) is 8.78 Å². The minimum absolute atomic E-state index is 0.477. The molecule has 0 bridgehead atoms. The lowest BCUT2D eigenvalue weighted by atomic mass is 10.2. The fourth-order valence-electron chi connectivity index (χ4n) is 1.38. The highest BCUT2D eigenvalue weighted by molar-refractivity contribution is 7.13. The Labute approximate surface area is 96.0 Å². The minimum atomic E-state index is -0.583. The second-order valence-electron chi connectivity index (χ2n) is 3.33. The topological polar surface area (TPSA) is 24.9 Å². The smallest absolute Gasteiger partial charge is 0.126 e. The van der Waals surface area contributed by atoms with Crippen molar-refractivity contribution in [3.05, 3.63) is 40.9 Å². The summed E-state index contributed by atoms with van der Waals surface area (Å²) < 4.78 is 26.0. The number of nitrogens with one attached hydrogen (secondary N) is 1. The number of hydrogen-bond acceptors (Lipinski definition) is 3. The van der Waals surface area contributed by atoms with Crippen molar-refractivity contribution in [3.63, 3.8) is 0 Å². The van der Waals surface area contributed by atoms with E-state index in [0.29, 0.717) is 17.1 Å². The summed E-state index contributed by atoms with van der Waals surface area (Å²) in [6.45, 7) is 0.647. The van der Waals surface area contributed by atoms with Gasteiger partial charge in [-0.3, -0.25) is 0 Å². The fourth-order valence-corrected chi connectivity index (χ4v) is 2.19. The summed E-state index contributed by atoms with van der Waals surface area (Å²) in [6.07, 6.45) is 0. The van der Waals surface area contributed by atoms with Gasteiger partial charge in [0.05, 0.1) is 5.69 Å². The van der Waals surface area contributed by atoms with Gasteiger partial charge in [0.15, 0.2) is 0 Å². The summed E-state index contributed by atoms with van der Waals surface area (Å²) in [6, 6.07) is 3.42. The van der Waals surface area contributed by atoms with Gasteiger partial charge in [0.1, 0.15) is 16.6 Å². The van der Waals surface area contributed by atoms with Gasteiger partial charge in [0.2, 0.25) is 0 Å². The molecule has 2 aromatic rings. The first-order valence-corrected chi connectivity index (χ1v) is 5.62. The van der Waals surface area contributed by atoms with Crippen LogP contribution in [-0.2, 0) is 6.54 Å². The van der Waals surface area contributed by atoms with Crippen molar-refractivity contribution in [1.82, 2.24) is 10.3 Å². The first-order valence-electron chi connectivity index (χ1n) is 4.74. The lowest BCUT2D eigenvalue weighted by Crippen LogP contribution is -2.04. The maximum absolute atomic E-state index is 13.0. The van der Waals surface area contributed by atoms with E-state index in [0.717, 1.165) is 11.8 Å². The zero-order valence-corrected chi connectivity index (χ0v) is 9.44. The SMILES string of the molecule is CNCc1csc(-c2cc(F)cc(F)c2)n1. The molecule has 1 heterocycles. The monoisotopic (exact) mass is 240 g/mol. The zero-order chi connectivity index (χ0) is 11.5. The number of rotatable bonds is 3. The van der Waals surface area contributed by atoms with Gasteiger partial charge >= 0.3 is 0 Å². The van der Waals surface area contributed by atoms with E-state index in [1.807, 2.05) is 12.4 Å². The normalized spacial score (nSPS) is 10.7. The number of halogens is 2. The molecular weight excluding hydrogens is 230 g/mol. The van der Waals surface area contributed by atoms with Crippen LogP contribution >= 0.6 is 11.3 Å². The summed E-state index contributed by atoms with van der Waals surface area (Å²) in [5, 5.41) is 5.47. The zero-order valence-electron chi connectivity index (χ0n) is 8.63. The van der Waals surface area contributed by atoms with Gasteiger partial charge in [-0.25, -0.2) is 13.8 Å². The van der Waals surface area contributed by atoms with Gasteiger partial charge in [-0.05, 0) is 19.2 Å². The summed E-state index contributed by atoms with van der Waals surface area (Å²) in [4.78, 5) is 4.28. The van der Waals surface area contributed by atoms with Crippen molar-refractivity contribution in [1.29, 1.82) is 0 Å². The van der Waals surface area contributed by atoms with E-state index in [-0.39, 0.29) is 0 Å². The summed E-state index contributed by atoms with van der Waals surface area (Å²) in [5.41, 5.74) is 1.34. The maximum Gasteiger partial charge on any atom is 0.126 e. The molecule has 0 radical (unpaired) electrons. The Morgan fingerprint density at radius 2 is 1.94 bits per heavy atom. The predicted octanol–water partition coefficient (Wildman–Crippen LogP) is 2.81. The lowest BCUT2D eigenvalue weighted by Gasteiger charge is -1.97. The van der Waals surface area contributed by atoms with Crippen molar-refractivity contribution in [2.45, 2.75) is 6.54 Å². The molecule has 0 fully saturated rings. The number of hydrogen-bond donors (Lipinski definition) is 1. The number of aromatic nitrogens is 1. The molecule has 0 aliphatic heterocycles. The third-order valence-corrected chi connectivity index (χ3v) is 2.96. The standard InChI is InChI=1S/C11H10F2N2S/c1-14-5-10-6-16-11(15-10)7-2-8(12)4-9(13)3-7/h2-4,6,14H,5H2,1H3. The van der Waals surface area contributed by atoms with E-state index < -0.39 is 11.6 Å². The van der Waals surface area contributed by atoms with Gasteiger partial charge in [0.25, 0.3) is 0 Å². The molecule has 0 amide bonds. The van der Waals surface area contributed by atoms with E-state index in [1.165, 1.54) is 23.5 Å². The first kappa shape index (κ1) is 11.2. The number of thiazole rings is 1. The maximum atomic E-state index is 13.0. The third-order valence-electron chi connectivity index (χ3n) is 2.02. The van der Waals surface area contributed by atoms with Crippen molar-refractivity contribution < 1.29 is 8.78 Å². The Balaban J connectivity index is 2.34. The quantitative estimate of drug-likeness (QED) is 0.892. The Morgan fingerprint density at radius 3 is 2.56 bits per heavy atom. The molecule has 0 aliphatic rings. The number of nitrogens with zero attached hydrogens (tertiary/aromatic N) is 1. The van der Waals surface area contributed by atoms with Crippen molar-refractivity contribution in [3.8, 4) is 10.6 Å². The molecule has 2 rings (SSSR count). The Hall–Kier alpha value is -1.33. The highest BCUT2D eigenvalue weighted by Gasteiger charge is 2.07. The van der Waals surface area contributed by atoms with E-state index in [4.69, 9.17) is 0 Å². The van der Waals surface area contributed by atoms with Crippen molar-refractivity contribution in [2.24, 2.45) is 0 Å². The predicted molar refractivity (Wildman–Crippen MR) is 60.2 cm³/mol. The first-order chi connectivity index (χ1) is 7.69. The van der Waals surface area contributed by atoms with Crippen LogP contribution in [0.5, 0.6) is 0 Å². The summed E-state index contributed by atoms with van der Waals surface area (Å²) >= 11 is 1.38. The average molecular weight is 240 g/mol. The van der Waals surface area contributed by atoms with Crippen LogP contribution in [0, 0.1) is 11.6 Å². The molecule has 0 saturated carbocycles. The molecule has 1 N–H and O–H groups in total. The van der Waals surface area contributed by atoms with Crippen LogP contribution in [0.1, 0.15) is 5.69 Å². The van der Waals surface area contributed by atoms with E-state index in [2.05, 4.69) is 10.3 Å². The molecule has 0 saturated heterocycles. The molecule has 0 aliphatic carbocycles. The molecule has 2 nitrogen and oxygen atoms in total. The van der Waals surface area contributed by atoms with Gasteiger partial charge in [-0.15, -0.1) is 11.3 Å². The van der Waals surface area contributed by atoms with Gasteiger partial charge in [-0.1, -0.05) is 0 Å². The van der Waals surface area contributed by atoms with Crippen LogP contribution in [0.3, 0.4) is 0 Å². The lowest BCUT2D eigenvalue weighted by molar-refractivity contribution is 0.584.